The molecule has 2 aromatic heterocycles. The quantitative estimate of drug-likeness (QED) is 0.549. The lowest BCUT2D eigenvalue weighted by atomic mass is 9.96. The molecule has 4 aliphatic rings. The molecule has 0 aromatic carbocycles. The van der Waals surface area contributed by atoms with Gasteiger partial charge in [-0.1, -0.05) is 11.8 Å². The minimum absolute atomic E-state index is 0.192. The van der Waals surface area contributed by atoms with Crippen LogP contribution in [-0.2, 0) is 9.53 Å². The van der Waals surface area contributed by atoms with E-state index >= 15 is 0 Å². The highest BCUT2D eigenvalue weighted by molar-refractivity contribution is 8.01. The van der Waals surface area contributed by atoms with Crippen LogP contribution in [0.2, 0.25) is 0 Å². The maximum absolute atomic E-state index is 13.5. The minimum atomic E-state index is -0.584. The van der Waals surface area contributed by atoms with Crippen LogP contribution >= 0.6 is 11.8 Å². The average molecular weight is 567 g/mol. The van der Waals surface area contributed by atoms with Crippen molar-refractivity contribution in [2.45, 2.75) is 86.9 Å². The molecule has 11 nitrogen and oxygen atoms in total. The van der Waals surface area contributed by atoms with Crippen molar-refractivity contribution in [3.8, 4) is 5.88 Å². The minimum Gasteiger partial charge on any atom is -0.474 e. The highest BCUT2D eigenvalue weighted by Crippen LogP contribution is 2.50. The SMILES string of the molecule is CC(C)(C)OC(=O)N1CCC[C@@H](NC(=O)C2Sc3nccc4c3C2NC(=O)N4c2ccc(OC3CCC3)nc2)C1. The average Bonchev–Trinajstić information content (AvgIpc) is 3.26. The van der Waals surface area contributed by atoms with E-state index in [1.807, 2.05) is 26.8 Å². The molecule has 2 N–H and O–H groups in total. The second-order valence-electron chi connectivity index (χ2n) is 11.6. The first-order chi connectivity index (χ1) is 19.2. The number of anilines is 2. The summed E-state index contributed by atoms with van der Waals surface area (Å²) in [6.45, 7) is 6.48. The van der Waals surface area contributed by atoms with Crippen LogP contribution in [0.1, 0.15) is 64.5 Å². The van der Waals surface area contributed by atoms with Crippen LogP contribution in [0.15, 0.2) is 35.6 Å². The predicted molar refractivity (Wildman–Crippen MR) is 149 cm³/mol. The van der Waals surface area contributed by atoms with Gasteiger partial charge in [-0.05, 0) is 65.0 Å². The van der Waals surface area contributed by atoms with E-state index in [1.165, 1.54) is 18.2 Å². The Hall–Kier alpha value is -3.54. The molecule has 0 bridgehead atoms. The molecule has 2 fully saturated rings. The number of urea groups is 1. The fourth-order valence-corrected chi connectivity index (χ4v) is 6.62. The number of carbonyl (C=O) groups is 3. The summed E-state index contributed by atoms with van der Waals surface area (Å²) >= 11 is 1.35. The number of hydrogen-bond acceptors (Lipinski definition) is 8. The van der Waals surface area contributed by atoms with Crippen molar-refractivity contribution >= 4 is 41.2 Å². The number of amides is 4. The molecule has 2 unspecified atom stereocenters. The molecular weight excluding hydrogens is 532 g/mol. The van der Waals surface area contributed by atoms with E-state index in [-0.39, 0.29) is 30.2 Å². The second-order valence-corrected chi connectivity index (χ2v) is 12.8. The third kappa shape index (κ3) is 5.28. The third-order valence-corrected chi connectivity index (χ3v) is 8.79. The van der Waals surface area contributed by atoms with Gasteiger partial charge >= 0.3 is 12.1 Å². The summed E-state index contributed by atoms with van der Waals surface area (Å²) in [5, 5.41) is 6.28. The van der Waals surface area contributed by atoms with Gasteiger partial charge in [0.05, 0.1) is 23.6 Å². The molecule has 0 spiro atoms. The van der Waals surface area contributed by atoms with Crippen LogP contribution < -0.4 is 20.3 Å². The summed E-state index contributed by atoms with van der Waals surface area (Å²) in [6.07, 6.45) is 7.91. The molecule has 0 radical (unpaired) electrons. The lowest BCUT2D eigenvalue weighted by molar-refractivity contribution is -0.122. The second kappa shape index (κ2) is 10.5. The summed E-state index contributed by atoms with van der Waals surface area (Å²) in [4.78, 5) is 51.6. The number of aromatic nitrogens is 2. The number of carbonyl (C=O) groups excluding carboxylic acids is 3. The Morgan fingerprint density at radius 1 is 1.12 bits per heavy atom. The number of rotatable bonds is 5. The van der Waals surface area contributed by atoms with Crippen LogP contribution in [0.25, 0.3) is 0 Å². The van der Waals surface area contributed by atoms with E-state index in [4.69, 9.17) is 9.47 Å². The lowest BCUT2D eigenvalue weighted by Crippen LogP contribution is -2.54. The summed E-state index contributed by atoms with van der Waals surface area (Å²) in [5.41, 5.74) is 1.53. The van der Waals surface area contributed by atoms with Gasteiger partial charge in [0.1, 0.15) is 22.0 Å². The van der Waals surface area contributed by atoms with Crippen molar-refractivity contribution in [2.75, 3.05) is 18.0 Å². The Kier molecular flexibility index (Phi) is 6.97. The number of nitrogens with zero attached hydrogens (tertiary/aromatic N) is 4. The Morgan fingerprint density at radius 2 is 1.95 bits per heavy atom. The molecule has 212 valence electrons. The molecule has 1 saturated carbocycles. The van der Waals surface area contributed by atoms with E-state index in [2.05, 4.69) is 20.6 Å². The monoisotopic (exact) mass is 566 g/mol. The predicted octanol–water partition coefficient (Wildman–Crippen LogP) is 4.30. The van der Waals surface area contributed by atoms with Crippen molar-refractivity contribution < 1.29 is 23.9 Å². The van der Waals surface area contributed by atoms with Crippen molar-refractivity contribution in [1.29, 1.82) is 0 Å². The van der Waals surface area contributed by atoms with E-state index in [0.29, 0.717) is 35.4 Å². The Morgan fingerprint density at radius 3 is 2.65 bits per heavy atom. The normalized spacial score (nSPS) is 24.1. The number of hydrogen-bond donors (Lipinski definition) is 2. The number of thioether (sulfide) groups is 1. The summed E-state index contributed by atoms with van der Waals surface area (Å²) in [6, 6.07) is 4.34. The smallest absolute Gasteiger partial charge is 0.410 e. The topological polar surface area (TPSA) is 126 Å². The van der Waals surface area contributed by atoms with Crippen LogP contribution in [0.3, 0.4) is 0 Å². The molecule has 4 amide bonds. The third-order valence-electron chi connectivity index (χ3n) is 7.50. The van der Waals surface area contributed by atoms with Gasteiger partial charge < -0.3 is 25.0 Å². The van der Waals surface area contributed by atoms with Crippen molar-refractivity contribution in [3.05, 3.63) is 36.2 Å². The summed E-state index contributed by atoms with van der Waals surface area (Å²) < 4.78 is 11.4. The standard InChI is InChI=1S/C28H34N6O5S/c1-28(2,3)39-27(37)33-13-5-6-16(15-33)31-24(35)23-22-21-19(11-12-29-25(21)40-23)34(26(36)32-22)17-9-10-20(30-14-17)38-18-7-4-8-18/h9-12,14,16,18,22-23H,4-8,13,15H2,1-3H3,(H,31,35)(H,32,36)/t16-,22?,23?/m1/s1. The number of piperidine rings is 1. The first kappa shape index (κ1) is 26.7. The van der Waals surface area contributed by atoms with Gasteiger partial charge in [0.15, 0.2) is 0 Å². The Balaban J connectivity index is 1.16. The number of pyridine rings is 2. The van der Waals surface area contributed by atoms with E-state index in [0.717, 1.165) is 31.2 Å². The van der Waals surface area contributed by atoms with Gasteiger partial charge in [-0.15, -0.1) is 0 Å². The van der Waals surface area contributed by atoms with Gasteiger partial charge in [0, 0.05) is 37.0 Å². The van der Waals surface area contributed by atoms with Gasteiger partial charge in [-0.2, -0.15) is 0 Å². The van der Waals surface area contributed by atoms with Crippen LogP contribution in [0, 0.1) is 0 Å². The molecule has 5 heterocycles. The maximum atomic E-state index is 13.5. The lowest BCUT2D eigenvalue weighted by Gasteiger charge is -2.36. The van der Waals surface area contributed by atoms with E-state index in [1.54, 1.807) is 34.3 Å². The van der Waals surface area contributed by atoms with Crippen LogP contribution in [0.5, 0.6) is 5.88 Å². The van der Waals surface area contributed by atoms with Gasteiger partial charge in [0.25, 0.3) is 0 Å². The molecule has 6 rings (SSSR count). The van der Waals surface area contributed by atoms with Crippen molar-refractivity contribution in [3.63, 3.8) is 0 Å². The van der Waals surface area contributed by atoms with E-state index < -0.39 is 16.9 Å². The largest absolute Gasteiger partial charge is 0.474 e. The zero-order chi connectivity index (χ0) is 28.0. The molecule has 3 aliphatic heterocycles. The fraction of sp³-hybridized carbons (Fsp3) is 0.536. The highest BCUT2D eigenvalue weighted by atomic mass is 32.2. The molecule has 3 atom stereocenters. The van der Waals surface area contributed by atoms with Gasteiger partial charge in [-0.3, -0.25) is 9.69 Å². The van der Waals surface area contributed by atoms with Crippen molar-refractivity contribution in [2.24, 2.45) is 0 Å². The van der Waals surface area contributed by atoms with Crippen LogP contribution in [0.4, 0.5) is 21.0 Å². The summed E-state index contributed by atoms with van der Waals surface area (Å²) in [7, 11) is 0. The molecule has 2 aromatic rings. The molecule has 1 saturated heterocycles. The Labute approximate surface area is 237 Å². The summed E-state index contributed by atoms with van der Waals surface area (Å²) in [5.74, 6) is 0.354. The highest BCUT2D eigenvalue weighted by Gasteiger charge is 2.47. The van der Waals surface area contributed by atoms with Gasteiger partial charge in [0.2, 0.25) is 11.8 Å². The van der Waals surface area contributed by atoms with Gasteiger partial charge in [-0.25, -0.2) is 19.6 Å². The molecule has 12 heteroatoms. The zero-order valence-corrected chi connectivity index (χ0v) is 23.7. The molecule has 40 heavy (non-hydrogen) atoms. The van der Waals surface area contributed by atoms with Crippen molar-refractivity contribution in [1.82, 2.24) is 25.5 Å². The number of likely N-dealkylation sites (tertiary alicyclic amines) is 1. The first-order valence-electron chi connectivity index (χ1n) is 13.8. The number of nitrogens with one attached hydrogen (secondary N) is 2. The maximum Gasteiger partial charge on any atom is 0.410 e. The van der Waals surface area contributed by atoms with Crippen LogP contribution in [-0.4, -0.2) is 69.0 Å². The number of ether oxygens (including phenoxy) is 2. The zero-order valence-electron chi connectivity index (χ0n) is 22.9. The molecular formula is C28H34N6O5S. The Bertz CT molecular complexity index is 1310. The molecule has 1 aliphatic carbocycles. The fourth-order valence-electron chi connectivity index (χ4n) is 5.39. The van der Waals surface area contributed by atoms with E-state index in [9.17, 15) is 14.4 Å². The first-order valence-corrected chi connectivity index (χ1v) is 14.7.